The van der Waals surface area contributed by atoms with Gasteiger partial charge < -0.3 is 34.5 Å². The van der Waals surface area contributed by atoms with Crippen molar-refractivity contribution < 1.29 is 48.5 Å². The van der Waals surface area contributed by atoms with Crippen LogP contribution in [0.3, 0.4) is 0 Å². The highest BCUT2D eigenvalue weighted by Gasteiger charge is 2.28. The summed E-state index contributed by atoms with van der Waals surface area (Å²) < 4.78 is 9.78. The topological polar surface area (TPSA) is 271 Å². The number of nitriles is 1. The number of piperazine rings is 2. The van der Waals surface area contributed by atoms with Crippen LogP contribution in [0.1, 0.15) is 32.4 Å². The average molecular weight is 734 g/mol. The third kappa shape index (κ3) is 11.7. The number of rotatable bonds is 10. The van der Waals surface area contributed by atoms with Crippen LogP contribution in [0.15, 0.2) is 47.0 Å². The number of nitro groups is 2. The van der Waals surface area contributed by atoms with Gasteiger partial charge in [0.1, 0.15) is 11.6 Å². The summed E-state index contributed by atoms with van der Waals surface area (Å²) in [7, 11) is 0. The van der Waals surface area contributed by atoms with E-state index >= 15 is 0 Å². The molecule has 2 fully saturated rings. The van der Waals surface area contributed by atoms with Crippen LogP contribution >= 0.6 is 0 Å². The average Bonchev–Trinajstić information content (AvgIpc) is 3.13. The number of benzene rings is 2. The van der Waals surface area contributed by atoms with Crippen molar-refractivity contribution >= 4 is 23.6 Å². The van der Waals surface area contributed by atoms with E-state index in [1.807, 2.05) is 0 Å². The molecule has 0 saturated carbocycles. The van der Waals surface area contributed by atoms with Crippen molar-refractivity contribution in [3.63, 3.8) is 0 Å². The van der Waals surface area contributed by atoms with E-state index in [0.29, 0.717) is 18.7 Å². The fourth-order valence-corrected chi connectivity index (χ4v) is 4.44. The maximum absolute atomic E-state index is 12.0. The maximum Gasteiger partial charge on any atom is 0.409 e. The Labute approximate surface area is 297 Å². The Hall–Kier alpha value is -6.73. The first-order valence-corrected chi connectivity index (χ1v) is 15.4. The molecule has 282 valence electrons. The molecule has 2 heterocycles. The smallest absolute Gasteiger partial charge is 0.409 e. The Kier molecular flexibility index (Phi) is 16.0. The zero-order valence-electron chi connectivity index (χ0n) is 27.9. The van der Waals surface area contributed by atoms with Crippen LogP contribution in [0.2, 0.25) is 0 Å². The van der Waals surface area contributed by atoms with Crippen molar-refractivity contribution in [2.24, 2.45) is 10.6 Å². The molecule has 0 N–H and O–H groups in total. The summed E-state index contributed by atoms with van der Waals surface area (Å²) in [5.74, 6) is -0.203. The van der Waals surface area contributed by atoms with Gasteiger partial charge in [0, 0.05) is 44.4 Å². The first kappa shape index (κ1) is 41.4. The number of hydrazine groups is 2. The molecule has 4 rings (SSSR count). The van der Waals surface area contributed by atoms with E-state index in [1.54, 1.807) is 32.9 Å². The summed E-state index contributed by atoms with van der Waals surface area (Å²) in [6, 6.07) is 9.42. The molecule has 52 heavy (non-hydrogen) atoms. The van der Waals surface area contributed by atoms with E-state index in [9.17, 15) is 40.2 Å². The van der Waals surface area contributed by atoms with Crippen molar-refractivity contribution in [1.29, 1.82) is 5.26 Å². The summed E-state index contributed by atoms with van der Waals surface area (Å²) in [4.78, 5) is 56.9. The second kappa shape index (κ2) is 20.1. The minimum absolute atomic E-state index is 0. The van der Waals surface area contributed by atoms with Gasteiger partial charge in [0.25, 0.3) is 5.69 Å². The van der Waals surface area contributed by atoms with E-state index < -0.39 is 22.0 Å². The number of hydrogen-bond donors (Lipinski definition) is 0. The molecule has 2 aliphatic heterocycles. The zero-order valence-corrected chi connectivity index (χ0v) is 27.9. The third-order valence-corrected chi connectivity index (χ3v) is 7.07. The number of amides is 2. The van der Waals surface area contributed by atoms with Gasteiger partial charge in [-0.1, -0.05) is 13.5 Å². The molecule has 0 radical (unpaired) electrons. The molecule has 2 amide bonds. The summed E-state index contributed by atoms with van der Waals surface area (Å²) in [6.07, 6.45) is -0.870. The van der Waals surface area contributed by atoms with Gasteiger partial charge in [0.15, 0.2) is 5.75 Å². The number of nitro benzene ring substituents is 2. The number of carbonyl (C=O) groups excluding carboxylic acids is 2. The molecular formula is C29H39N11O12. The lowest BCUT2D eigenvalue weighted by molar-refractivity contribution is -0.708. The Morgan fingerprint density at radius 1 is 0.750 bits per heavy atom. The fraction of sp³-hybridized carbons (Fsp3) is 0.483. The van der Waals surface area contributed by atoms with Gasteiger partial charge in [0.05, 0.1) is 59.2 Å². The van der Waals surface area contributed by atoms with Gasteiger partial charge in [0.2, 0.25) is 16.3 Å². The Bertz CT molecular complexity index is 1670. The van der Waals surface area contributed by atoms with Crippen molar-refractivity contribution in [1.82, 2.24) is 19.8 Å². The van der Waals surface area contributed by atoms with Crippen molar-refractivity contribution in [2.75, 3.05) is 65.6 Å². The molecule has 2 aromatic rings. The number of non-ortho nitro benzene ring substituents is 1. The number of aryl methyl sites for hydroxylation is 1. The van der Waals surface area contributed by atoms with Crippen LogP contribution < -0.4 is 9.68 Å². The number of carbonyl (C=O) groups is 2. The SMILES string of the molecule is C.CCOC(=O)N1CCN(/[N+]([O-])=N/Oc2ccc(C)cc2[N+](=O)[O-])CC1.CCOC(=O)N1CCN(/[N+]([O-])=N/Oc2ccc([N+](=O)[O-])cc2C#N)CC1. The second-order valence-corrected chi connectivity index (χ2v) is 10.4. The normalized spacial score (nSPS) is 14.5. The van der Waals surface area contributed by atoms with Crippen molar-refractivity contribution in [3.8, 4) is 17.6 Å². The van der Waals surface area contributed by atoms with Gasteiger partial charge in [-0.25, -0.2) is 9.59 Å². The lowest BCUT2D eigenvalue weighted by Gasteiger charge is -2.30. The van der Waals surface area contributed by atoms with Gasteiger partial charge in [-0.05, 0) is 38.5 Å². The van der Waals surface area contributed by atoms with Crippen LogP contribution in [0.25, 0.3) is 0 Å². The highest BCUT2D eigenvalue weighted by atomic mass is 16.7. The number of hydrogen-bond acceptors (Lipinski definition) is 15. The molecule has 23 heteroatoms. The van der Waals surface area contributed by atoms with Crippen LogP contribution in [0.5, 0.6) is 11.5 Å². The number of ether oxygens (including phenoxy) is 2. The molecule has 0 unspecified atom stereocenters. The standard InChI is InChI=1S/C14H16N6O6.C14H19N5O6.CH4/c1-2-25-14(21)17-5-7-18(8-6-17)20(24)16-26-13-4-3-12(19(22)23)9-11(13)10-15;1-3-24-14(20)16-6-8-17(9-7-16)19(23)15-25-13-5-4-11(2)10-12(13)18(21)22;/h3-4,9H,2,5-8H2,1H3;4-5,10H,3,6-9H2,1-2H3;1H4/b20-16-;19-15-;. The van der Waals surface area contributed by atoms with Crippen molar-refractivity contribution in [3.05, 3.63) is 78.2 Å². The van der Waals surface area contributed by atoms with E-state index in [-0.39, 0.29) is 98.3 Å². The summed E-state index contributed by atoms with van der Waals surface area (Å²) in [6.45, 7) is 7.79. The van der Waals surface area contributed by atoms with Crippen molar-refractivity contribution in [2.45, 2.75) is 28.2 Å². The molecular weight excluding hydrogens is 694 g/mol. The van der Waals surface area contributed by atoms with E-state index in [0.717, 1.165) is 12.1 Å². The van der Waals surface area contributed by atoms with Crippen LogP contribution in [0.4, 0.5) is 21.0 Å². The highest BCUT2D eigenvalue weighted by Crippen LogP contribution is 2.28. The molecule has 0 spiro atoms. The molecule has 0 aromatic heterocycles. The fourth-order valence-electron chi connectivity index (χ4n) is 4.44. The van der Waals surface area contributed by atoms with Crippen LogP contribution in [0, 0.1) is 48.9 Å². The van der Waals surface area contributed by atoms with E-state index in [2.05, 4.69) is 10.6 Å². The quantitative estimate of drug-likeness (QED) is 0.145. The summed E-state index contributed by atoms with van der Waals surface area (Å²) in [5, 5.41) is 64.0. The predicted molar refractivity (Wildman–Crippen MR) is 176 cm³/mol. The molecule has 2 aromatic carbocycles. The van der Waals surface area contributed by atoms with Crippen LogP contribution in [-0.4, -0.2) is 117 Å². The largest absolute Gasteiger partial charge is 0.569 e. The molecule has 2 saturated heterocycles. The number of nitrogens with zero attached hydrogens (tertiary/aromatic N) is 11. The Morgan fingerprint density at radius 2 is 1.21 bits per heavy atom. The molecule has 0 bridgehead atoms. The monoisotopic (exact) mass is 733 g/mol. The predicted octanol–water partition coefficient (Wildman–Crippen LogP) is 3.90. The first-order valence-electron chi connectivity index (χ1n) is 15.4. The first-order chi connectivity index (χ1) is 24.4. The van der Waals surface area contributed by atoms with E-state index in [4.69, 9.17) is 24.4 Å². The Morgan fingerprint density at radius 3 is 1.63 bits per heavy atom. The summed E-state index contributed by atoms with van der Waals surface area (Å²) >= 11 is 0. The third-order valence-electron chi connectivity index (χ3n) is 7.07. The maximum atomic E-state index is 12.0. The lowest BCUT2D eigenvalue weighted by Crippen LogP contribution is -2.50. The van der Waals surface area contributed by atoms with Gasteiger partial charge in [-0.3, -0.25) is 25.1 Å². The molecule has 23 nitrogen and oxygen atoms in total. The van der Waals surface area contributed by atoms with Gasteiger partial charge >= 0.3 is 17.9 Å². The Balaban J connectivity index is 0.000000354. The van der Waals surface area contributed by atoms with Gasteiger partial charge in [-0.2, -0.15) is 5.26 Å². The molecule has 0 aliphatic carbocycles. The lowest BCUT2D eigenvalue weighted by atomic mass is 10.2. The van der Waals surface area contributed by atoms with E-state index in [1.165, 1.54) is 38.0 Å². The second-order valence-electron chi connectivity index (χ2n) is 10.4. The minimum atomic E-state index is -0.648. The minimum Gasteiger partial charge on any atom is -0.569 e. The molecule has 0 atom stereocenters. The zero-order chi connectivity index (χ0) is 37.5. The summed E-state index contributed by atoms with van der Waals surface area (Å²) in [5.41, 5.74) is 0.0174. The van der Waals surface area contributed by atoms with Crippen LogP contribution in [-0.2, 0) is 9.47 Å². The highest BCUT2D eigenvalue weighted by molar-refractivity contribution is 5.68. The molecule has 2 aliphatic rings. The van der Waals surface area contributed by atoms with Gasteiger partial charge in [-0.15, -0.1) is 10.0 Å².